The van der Waals surface area contributed by atoms with Gasteiger partial charge in [-0.15, -0.1) is 0 Å². The molecule has 2 amide bonds. The lowest BCUT2D eigenvalue weighted by molar-refractivity contribution is 0.0291. The number of amides is 2. The second-order valence-corrected chi connectivity index (χ2v) is 17.7. The maximum Gasteiger partial charge on any atom is 0.410 e. The summed E-state index contributed by atoms with van der Waals surface area (Å²) in [6, 6.07) is 0. The Labute approximate surface area is 269 Å². The van der Waals surface area contributed by atoms with Crippen LogP contribution < -0.4 is 5.32 Å². The summed E-state index contributed by atoms with van der Waals surface area (Å²) in [6.45, 7) is 28.5. The Morgan fingerprint density at radius 1 is 0.568 bits per heavy atom. The van der Waals surface area contributed by atoms with Crippen LogP contribution in [0.4, 0.5) is 9.59 Å². The number of rotatable bonds is 0. The van der Waals surface area contributed by atoms with E-state index in [1.807, 2.05) is 51.3 Å². The minimum Gasteiger partial charge on any atom is -0.444 e. The molecule has 3 saturated carbocycles. The van der Waals surface area contributed by atoms with Crippen molar-refractivity contribution in [1.82, 2.24) is 15.1 Å². The van der Waals surface area contributed by atoms with Gasteiger partial charge >= 0.3 is 12.2 Å². The zero-order valence-corrected chi connectivity index (χ0v) is 30.5. The van der Waals surface area contributed by atoms with Crippen molar-refractivity contribution in [2.45, 2.75) is 169 Å². The fourth-order valence-corrected chi connectivity index (χ4v) is 9.19. The third kappa shape index (κ3) is 7.23. The molecule has 44 heavy (non-hydrogen) atoms. The van der Waals surface area contributed by atoms with Crippen molar-refractivity contribution >= 4 is 12.2 Å². The van der Waals surface area contributed by atoms with Crippen molar-refractivity contribution in [3.05, 3.63) is 0 Å². The van der Waals surface area contributed by atoms with Crippen LogP contribution in [-0.2, 0) is 9.47 Å². The van der Waals surface area contributed by atoms with Crippen LogP contribution in [0.15, 0.2) is 0 Å². The van der Waals surface area contributed by atoms with E-state index in [0.717, 1.165) is 24.9 Å². The van der Waals surface area contributed by atoms with Crippen LogP contribution in [0.1, 0.15) is 141 Å². The molecule has 3 aliphatic heterocycles. The van der Waals surface area contributed by atoms with Gasteiger partial charge in [-0.3, -0.25) is 9.80 Å². The highest BCUT2D eigenvalue weighted by Crippen LogP contribution is 2.53. The smallest absolute Gasteiger partial charge is 0.410 e. The van der Waals surface area contributed by atoms with Crippen LogP contribution >= 0.6 is 0 Å². The highest BCUT2D eigenvalue weighted by Gasteiger charge is 2.64. The van der Waals surface area contributed by atoms with Gasteiger partial charge in [0.15, 0.2) is 0 Å². The Morgan fingerprint density at radius 3 is 1.07 bits per heavy atom. The Hall–Kier alpha value is -1.50. The second-order valence-electron chi connectivity index (χ2n) is 17.7. The fourth-order valence-electron chi connectivity index (χ4n) is 9.19. The molecule has 3 saturated heterocycles. The average Bonchev–Trinajstić information content (AvgIpc) is 3.78. The molecule has 1 N–H and O–H groups in total. The van der Waals surface area contributed by atoms with Gasteiger partial charge in [0.1, 0.15) is 11.2 Å². The number of hydrogen-bond acceptors (Lipinski definition) is 5. The van der Waals surface area contributed by atoms with E-state index in [2.05, 4.69) is 46.9 Å². The predicted octanol–water partition coefficient (Wildman–Crippen LogP) is 8.65. The Morgan fingerprint density at radius 2 is 0.841 bits per heavy atom. The molecule has 6 rings (SSSR count). The molecule has 0 aromatic heterocycles. The maximum atomic E-state index is 12.1. The van der Waals surface area contributed by atoms with Gasteiger partial charge in [-0.05, 0) is 116 Å². The number of nitrogens with zero attached hydrogens (tertiary/aromatic N) is 2. The summed E-state index contributed by atoms with van der Waals surface area (Å²) in [7, 11) is 0. The van der Waals surface area contributed by atoms with Crippen molar-refractivity contribution < 1.29 is 19.1 Å². The molecule has 0 bridgehead atoms. The zero-order chi connectivity index (χ0) is 32.9. The summed E-state index contributed by atoms with van der Waals surface area (Å²) < 4.78 is 10.9. The van der Waals surface area contributed by atoms with Crippen molar-refractivity contribution in [2.75, 3.05) is 19.6 Å². The summed E-state index contributed by atoms with van der Waals surface area (Å²) in [6.07, 6.45) is 11.6. The summed E-state index contributed by atoms with van der Waals surface area (Å²) in [5, 5.41) is 3.55. The molecule has 3 spiro atoms. The van der Waals surface area contributed by atoms with E-state index in [1.165, 1.54) is 64.3 Å². The van der Waals surface area contributed by atoms with Gasteiger partial charge in [-0.1, -0.05) is 60.8 Å². The topological polar surface area (TPSA) is 80.6 Å². The van der Waals surface area contributed by atoms with Crippen LogP contribution in [-0.4, -0.2) is 69.4 Å². The van der Waals surface area contributed by atoms with Crippen molar-refractivity contribution in [3.8, 4) is 0 Å². The number of hydrogen-bond donors (Lipinski definition) is 1. The quantitative estimate of drug-likeness (QED) is 0.275. The largest absolute Gasteiger partial charge is 0.444 e. The molecule has 0 radical (unpaired) electrons. The summed E-state index contributed by atoms with van der Waals surface area (Å²) in [5.74, 6) is 4.29. The summed E-state index contributed by atoms with van der Waals surface area (Å²) in [4.78, 5) is 28.1. The molecule has 7 heteroatoms. The second kappa shape index (κ2) is 12.6. The third-order valence-corrected chi connectivity index (χ3v) is 12.4. The third-order valence-electron chi connectivity index (χ3n) is 12.4. The SMILES string of the molecule is C[C@@H]1CCC[C@H](C)C12CN2.C[C@@H]1CCC[C@H](C)C12CN2C(=O)OC(C)(C)C.C[C@@H]1CCC[C@H](C)C12CN2C(=O)OC(C)(C)C. The van der Waals surface area contributed by atoms with E-state index >= 15 is 0 Å². The van der Waals surface area contributed by atoms with E-state index in [4.69, 9.17) is 9.47 Å². The number of carbonyl (C=O) groups excluding carboxylic acids is 2. The number of nitrogens with one attached hydrogen (secondary N) is 1. The lowest BCUT2D eigenvalue weighted by Gasteiger charge is -2.35. The minimum absolute atomic E-state index is 0.112. The zero-order valence-electron chi connectivity index (χ0n) is 30.5. The van der Waals surface area contributed by atoms with Gasteiger partial charge in [0.25, 0.3) is 0 Å². The lowest BCUT2D eigenvalue weighted by atomic mass is 9.73. The van der Waals surface area contributed by atoms with E-state index in [9.17, 15) is 9.59 Å². The number of ether oxygens (including phenoxy) is 2. The first-order valence-corrected chi connectivity index (χ1v) is 18.1. The molecule has 7 nitrogen and oxygen atoms in total. The normalized spacial score (nSPS) is 40.8. The highest BCUT2D eigenvalue weighted by molar-refractivity contribution is 5.73. The molecule has 0 aromatic carbocycles. The Kier molecular flexibility index (Phi) is 10.1. The Balaban J connectivity index is 0.000000156. The highest BCUT2D eigenvalue weighted by atomic mass is 16.6. The Bertz CT molecular complexity index is 929. The standard InChI is InChI=1S/2C14H25NO2.C9H17N/c2*1-10-7-6-8-11(2)14(10)9-15(14)12(16)17-13(3,4)5;1-7-4-3-5-8(2)9(7)6-10-9/h2*10-11H,6-9H2,1-5H3;7-8,10H,3-6H2,1-2H3/t2*10-,11+,14?,15?;7-,8+,9?. The van der Waals surface area contributed by atoms with Crippen LogP contribution in [0.5, 0.6) is 0 Å². The minimum atomic E-state index is -0.387. The van der Waals surface area contributed by atoms with E-state index < -0.39 is 0 Å². The average molecular weight is 618 g/mol. The van der Waals surface area contributed by atoms with Crippen molar-refractivity contribution in [3.63, 3.8) is 0 Å². The first-order valence-electron chi connectivity index (χ1n) is 18.1. The monoisotopic (exact) mass is 618 g/mol. The van der Waals surface area contributed by atoms with Crippen LogP contribution in [0, 0.1) is 35.5 Å². The van der Waals surface area contributed by atoms with Gasteiger partial charge in [0, 0.05) is 25.2 Å². The van der Waals surface area contributed by atoms with E-state index in [0.29, 0.717) is 29.2 Å². The van der Waals surface area contributed by atoms with Crippen LogP contribution in [0.25, 0.3) is 0 Å². The van der Waals surface area contributed by atoms with Crippen LogP contribution in [0.3, 0.4) is 0 Å². The molecule has 6 fully saturated rings. The van der Waals surface area contributed by atoms with E-state index in [-0.39, 0.29) is 34.5 Å². The first-order chi connectivity index (χ1) is 20.3. The van der Waals surface area contributed by atoms with Crippen molar-refractivity contribution in [2.24, 2.45) is 35.5 Å². The molecular weight excluding hydrogens is 550 g/mol. The number of carbonyl (C=O) groups is 2. The molecule has 0 aromatic rings. The van der Waals surface area contributed by atoms with Crippen molar-refractivity contribution in [1.29, 1.82) is 0 Å². The molecular formula is C37H67N3O4. The predicted molar refractivity (Wildman–Crippen MR) is 179 cm³/mol. The summed E-state index contributed by atoms with van der Waals surface area (Å²) >= 11 is 0. The summed E-state index contributed by atoms with van der Waals surface area (Å²) in [5.41, 5.74) is 0.0451. The molecule has 3 unspecified atom stereocenters. The molecule has 3 heterocycles. The molecule has 6 aliphatic rings. The molecule has 254 valence electrons. The van der Waals surface area contributed by atoms with Crippen LogP contribution in [0.2, 0.25) is 0 Å². The lowest BCUT2D eigenvalue weighted by Crippen LogP contribution is -2.40. The van der Waals surface area contributed by atoms with Gasteiger partial charge in [0.05, 0.1) is 11.1 Å². The van der Waals surface area contributed by atoms with Gasteiger partial charge < -0.3 is 14.8 Å². The van der Waals surface area contributed by atoms with Gasteiger partial charge in [0.2, 0.25) is 0 Å². The fraction of sp³-hybridized carbons (Fsp3) is 0.946. The molecule has 3 aliphatic carbocycles. The van der Waals surface area contributed by atoms with Gasteiger partial charge in [-0.25, -0.2) is 9.59 Å². The van der Waals surface area contributed by atoms with Gasteiger partial charge in [-0.2, -0.15) is 0 Å². The molecule has 9 atom stereocenters. The van der Waals surface area contributed by atoms with E-state index in [1.54, 1.807) is 0 Å². The maximum absolute atomic E-state index is 12.1. The first kappa shape index (κ1) is 35.4.